The molecule has 0 radical (unpaired) electrons. The Morgan fingerprint density at radius 2 is 1.66 bits per heavy atom. The van der Waals surface area contributed by atoms with E-state index in [2.05, 4.69) is 79.4 Å². The minimum absolute atomic E-state index is 0.315. The maximum absolute atomic E-state index is 11.6. The zero-order valence-corrected chi connectivity index (χ0v) is 20.7. The summed E-state index contributed by atoms with van der Waals surface area (Å²) >= 11 is 0. The molecule has 0 atom stereocenters. The second kappa shape index (κ2) is 9.44. The summed E-state index contributed by atoms with van der Waals surface area (Å²) in [5, 5.41) is 16.3. The van der Waals surface area contributed by atoms with E-state index in [1.165, 1.54) is 0 Å². The van der Waals surface area contributed by atoms with Gasteiger partial charge in [-0.3, -0.25) is 9.89 Å². The Morgan fingerprint density at radius 1 is 0.969 bits per heavy atom. The van der Waals surface area contributed by atoms with E-state index >= 15 is 0 Å². The van der Waals surface area contributed by atoms with E-state index in [1.807, 2.05) is 0 Å². The van der Waals surface area contributed by atoms with E-state index in [-0.39, 0.29) is 0 Å². The van der Waals surface area contributed by atoms with Crippen LogP contribution in [0.3, 0.4) is 0 Å². The van der Waals surface area contributed by atoms with Crippen LogP contribution in [0.1, 0.15) is 66.0 Å². The number of anilines is 1. The Bertz CT molecular complexity index is 966. The lowest BCUT2D eigenvalue weighted by Crippen LogP contribution is -2.41. The van der Waals surface area contributed by atoms with Crippen molar-refractivity contribution in [3.05, 3.63) is 23.8 Å². The zero-order chi connectivity index (χ0) is 23.0. The smallest absolute Gasteiger partial charge is 0.201 e. The van der Waals surface area contributed by atoms with Gasteiger partial charge in [0.15, 0.2) is 0 Å². The molecule has 0 amide bonds. The van der Waals surface area contributed by atoms with Crippen molar-refractivity contribution in [2.24, 2.45) is 4.99 Å². The lowest BCUT2D eigenvalue weighted by Gasteiger charge is -2.35. The van der Waals surface area contributed by atoms with Crippen LogP contribution in [0.2, 0.25) is 0 Å². The molecular formula is C26H41N5O. The summed E-state index contributed by atoms with van der Waals surface area (Å²) in [6, 6.07) is 8.25. The molecule has 0 bridgehead atoms. The number of nitrogens with zero attached hydrogens (tertiary/aromatic N) is 4. The summed E-state index contributed by atoms with van der Waals surface area (Å²) in [5.41, 5.74) is 4.17. The van der Waals surface area contributed by atoms with Gasteiger partial charge in [0.05, 0.1) is 23.3 Å². The molecule has 1 aromatic carbocycles. The van der Waals surface area contributed by atoms with Gasteiger partial charge in [-0.15, -0.1) is 0 Å². The number of benzene rings is 1. The number of hydrogen-bond donors (Lipinski definition) is 2. The van der Waals surface area contributed by atoms with E-state index in [4.69, 9.17) is 4.99 Å². The quantitative estimate of drug-likeness (QED) is 0.683. The fourth-order valence-corrected chi connectivity index (χ4v) is 5.27. The van der Waals surface area contributed by atoms with Gasteiger partial charge in [0.1, 0.15) is 0 Å². The van der Waals surface area contributed by atoms with Gasteiger partial charge in [-0.05, 0) is 72.6 Å². The van der Waals surface area contributed by atoms with Gasteiger partial charge in [0, 0.05) is 61.4 Å². The van der Waals surface area contributed by atoms with Crippen molar-refractivity contribution in [3.8, 4) is 5.88 Å². The third kappa shape index (κ3) is 4.53. The number of aliphatic imine (C=N–C) groups is 1. The number of hydrogen-bond acceptors (Lipinski definition) is 5. The maximum atomic E-state index is 11.6. The van der Waals surface area contributed by atoms with E-state index < -0.39 is 0 Å². The molecule has 2 aromatic rings. The molecule has 0 saturated carbocycles. The second-order valence-corrected chi connectivity index (χ2v) is 10.4. The largest absolute Gasteiger partial charge is 0.494 e. The summed E-state index contributed by atoms with van der Waals surface area (Å²) in [6.45, 7) is 18.0. The second-order valence-electron chi connectivity index (χ2n) is 10.4. The average Bonchev–Trinajstić information content (AvgIpc) is 3.04. The van der Waals surface area contributed by atoms with Crippen molar-refractivity contribution >= 4 is 22.3 Å². The van der Waals surface area contributed by atoms with Gasteiger partial charge in [-0.2, -0.15) is 0 Å². The molecular weight excluding hydrogens is 398 g/mol. The zero-order valence-electron chi connectivity index (χ0n) is 20.7. The third-order valence-electron chi connectivity index (χ3n) is 7.09. The third-order valence-corrected chi connectivity index (χ3v) is 7.09. The highest BCUT2D eigenvalue weighted by Crippen LogP contribution is 2.40. The molecule has 1 fully saturated rings. The molecule has 3 heterocycles. The Balaban J connectivity index is 1.78. The highest BCUT2D eigenvalue weighted by Gasteiger charge is 2.30. The minimum atomic E-state index is 0.315. The fourth-order valence-electron chi connectivity index (χ4n) is 5.27. The predicted octanol–water partition coefficient (Wildman–Crippen LogP) is 4.73. The topological polar surface area (TPSA) is 56.0 Å². The van der Waals surface area contributed by atoms with Crippen LogP contribution in [-0.4, -0.2) is 76.0 Å². The van der Waals surface area contributed by atoms with Crippen molar-refractivity contribution in [2.45, 2.75) is 78.6 Å². The molecule has 0 aliphatic carbocycles. The summed E-state index contributed by atoms with van der Waals surface area (Å²) in [5.74, 6) is 0.397. The van der Waals surface area contributed by atoms with Crippen LogP contribution in [0.5, 0.6) is 5.88 Å². The van der Waals surface area contributed by atoms with E-state index in [9.17, 15) is 5.11 Å². The van der Waals surface area contributed by atoms with Gasteiger partial charge in [0.2, 0.25) is 5.88 Å². The predicted molar refractivity (Wildman–Crippen MR) is 135 cm³/mol. The summed E-state index contributed by atoms with van der Waals surface area (Å²) in [4.78, 5) is 9.89. The highest BCUT2D eigenvalue weighted by molar-refractivity contribution is 6.15. The van der Waals surface area contributed by atoms with Crippen molar-refractivity contribution in [3.63, 3.8) is 0 Å². The van der Waals surface area contributed by atoms with Crippen LogP contribution in [0.25, 0.3) is 10.9 Å². The molecule has 4 rings (SSSR count). The van der Waals surface area contributed by atoms with Crippen molar-refractivity contribution < 1.29 is 5.11 Å². The number of fused-ring (bicyclic) bond motifs is 1. The SMILES string of the molecule is CC(C)Nc1ccc2c(c1)c(C1=NCCN(C(C)C)C1)c(O)n2C1CCN(C(C)C)CC1. The van der Waals surface area contributed by atoms with Crippen molar-refractivity contribution in [1.29, 1.82) is 0 Å². The molecule has 32 heavy (non-hydrogen) atoms. The molecule has 1 aromatic heterocycles. The minimum Gasteiger partial charge on any atom is -0.494 e. The lowest BCUT2D eigenvalue weighted by atomic mass is 10.0. The maximum Gasteiger partial charge on any atom is 0.201 e. The molecule has 6 nitrogen and oxygen atoms in total. The van der Waals surface area contributed by atoms with Crippen LogP contribution in [-0.2, 0) is 0 Å². The first-order valence-corrected chi connectivity index (χ1v) is 12.4. The summed E-state index contributed by atoms with van der Waals surface area (Å²) in [6.07, 6.45) is 2.12. The van der Waals surface area contributed by atoms with Gasteiger partial charge in [0.25, 0.3) is 0 Å². The first-order chi connectivity index (χ1) is 15.3. The fraction of sp³-hybridized carbons (Fsp3) is 0.654. The Kier molecular flexibility index (Phi) is 6.82. The Morgan fingerprint density at radius 3 is 2.28 bits per heavy atom. The van der Waals surface area contributed by atoms with Crippen molar-refractivity contribution in [2.75, 3.05) is 38.0 Å². The van der Waals surface area contributed by atoms with Crippen molar-refractivity contribution in [1.82, 2.24) is 14.4 Å². The first kappa shape index (κ1) is 23.1. The van der Waals surface area contributed by atoms with Crippen LogP contribution in [0.4, 0.5) is 5.69 Å². The van der Waals surface area contributed by atoms with E-state index in [0.717, 1.165) is 73.4 Å². The van der Waals surface area contributed by atoms with Crippen LogP contribution < -0.4 is 5.32 Å². The first-order valence-electron chi connectivity index (χ1n) is 12.4. The van der Waals surface area contributed by atoms with E-state index in [1.54, 1.807) is 0 Å². The standard InChI is InChI=1S/C26H41N5O/c1-17(2)28-20-7-8-24-22(15-20)25(23-16-30(19(5)6)14-11-27-23)26(32)31(24)21-9-12-29(13-10-21)18(3)4/h7-8,15,17-19,21,28,32H,9-14,16H2,1-6H3. The Labute approximate surface area is 193 Å². The number of aromatic hydroxyl groups is 1. The normalized spacial score (nSPS) is 19.5. The van der Waals surface area contributed by atoms with Gasteiger partial charge < -0.3 is 19.9 Å². The molecule has 2 aliphatic rings. The molecule has 6 heteroatoms. The number of rotatable bonds is 6. The van der Waals surface area contributed by atoms with Crippen LogP contribution in [0, 0.1) is 0 Å². The molecule has 0 spiro atoms. The Hall–Kier alpha value is -2.05. The van der Waals surface area contributed by atoms with Gasteiger partial charge in [-0.25, -0.2) is 0 Å². The number of piperidine rings is 1. The van der Waals surface area contributed by atoms with Gasteiger partial charge >= 0.3 is 0 Å². The number of aromatic nitrogens is 1. The van der Waals surface area contributed by atoms with E-state index in [0.29, 0.717) is 30.0 Å². The van der Waals surface area contributed by atoms with Crippen LogP contribution in [0.15, 0.2) is 23.2 Å². The monoisotopic (exact) mass is 439 g/mol. The number of likely N-dealkylation sites (tertiary alicyclic amines) is 1. The summed E-state index contributed by atoms with van der Waals surface area (Å²) in [7, 11) is 0. The molecule has 0 unspecified atom stereocenters. The summed E-state index contributed by atoms with van der Waals surface area (Å²) < 4.78 is 2.21. The lowest BCUT2D eigenvalue weighted by molar-refractivity contribution is 0.150. The molecule has 2 N–H and O–H groups in total. The molecule has 1 saturated heterocycles. The average molecular weight is 440 g/mol. The molecule has 2 aliphatic heterocycles. The highest BCUT2D eigenvalue weighted by atomic mass is 16.3. The molecule has 176 valence electrons. The van der Waals surface area contributed by atoms with Crippen LogP contribution >= 0.6 is 0 Å². The number of nitrogens with one attached hydrogen (secondary N) is 1. The van der Waals surface area contributed by atoms with Gasteiger partial charge in [-0.1, -0.05) is 0 Å².